The van der Waals surface area contributed by atoms with Crippen LogP contribution in [0.2, 0.25) is 0 Å². The number of nitriles is 1. The zero-order valence-electron chi connectivity index (χ0n) is 8.27. The number of hydrogen-bond donors (Lipinski definition) is 1. The Morgan fingerprint density at radius 3 is 2.93 bits per heavy atom. The Bertz CT molecular complexity index is 340. The first kappa shape index (κ1) is 10.7. The topological polar surface area (TPSA) is 71.1 Å². The second-order valence-corrected chi connectivity index (χ2v) is 2.95. The molecule has 0 saturated carbocycles. The van der Waals surface area contributed by atoms with Gasteiger partial charge in [-0.3, -0.25) is 4.68 Å². The van der Waals surface area contributed by atoms with E-state index in [1.54, 1.807) is 17.9 Å². The molecule has 14 heavy (non-hydrogen) atoms. The molecule has 0 aliphatic carbocycles. The van der Waals surface area contributed by atoms with Gasteiger partial charge in [-0.2, -0.15) is 10.4 Å². The summed E-state index contributed by atoms with van der Waals surface area (Å²) in [6, 6.07) is 2.02. The van der Waals surface area contributed by atoms with Gasteiger partial charge >= 0.3 is 0 Å². The first-order valence-corrected chi connectivity index (χ1v) is 4.31. The largest absolute Gasteiger partial charge is 0.394 e. The van der Waals surface area contributed by atoms with E-state index >= 15 is 0 Å². The monoisotopic (exact) mass is 195 g/mol. The van der Waals surface area contributed by atoms with Crippen molar-refractivity contribution in [2.45, 2.75) is 13.0 Å². The normalized spacial score (nSPS) is 12.4. The van der Waals surface area contributed by atoms with Gasteiger partial charge in [0.2, 0.25) is 0 Å². The van der Waals surface area contributed by atoms with E-state index < -0.39 is 6.10 Å². The minimum Gasteiger partial charge on any atom is -0.394 e. The molecule has 1 unspecified atom stereocenters. The summed E-state index contributed by atoms with van der Waals surface area (Å²) in [5.41, 5.74) is 1.53. The van der Waals surface area contributed by atoms with Crippen LogP contribution in [0.4, 0.5) is 0 Å². The Hall–Kier alpha value is -1.38. The highest BCUT2D eigenvalue weighted by molar-refractivity contribution is 5.23. The number of ether oxygens (including phenoxy) is 1. The maximum Gasteiger partial charge on any atom is 0.172 e. The molecule has 0 bridgehead atoms. The van der Waals surface area contributed by atoms with Crippen LogP contribution < -0.4 is 0 Å². The van der Waals surface area contributed by atoms with E-state index in [9.17, 15) is 0 Å². The van der Waals surface area contributed by atoms with E-state index in [0.717, 1.165) is 11.3 Å². The molecule has 1 aromatic rings. The highest BCUT2D eigenvalue weighted by Gasteiger charge is 2.15. The first-order chi connectivity index (χ1) is 6.69. The van der Waals surface area contributed by atoms with E-state index in [2.05, 4.69) is 5.10 Å². The molecule has 0 spiro atoms. The van der Waals surface area contributed by atoms with E-state index in [0.29, 0.717) is 0 Å². The molecule has 0 amide bonds. The van der Waals surface area contributed by atoms with Crippen LogP contribution in [0.3, 0.4) is 0 Å². The standard InChI is InChI=1S/C9H13N3O2/c1-7-8(6-12(2)11-7)9(5-10)14-4-3-13/h6,9,13H,3-4H2,1-2H3. The quantitative estimate of drug-likeness (QED) is 0.750. The highest BCUT2D eigenvalue weighted by Crippen LogP contribution is 2.18. The van der Waals surface area contributed by atoms with Gasteiger partial charge in [-0.15, -0.1) is 0 Å². The van der Waals surface area contributed by atoms with Crippen molar-refractivity contribution < 1.29 is 9.84 Å². The van der Waals surface area contributed by atoms with Gasteiger partial charge in [0, 0.05) is 18.8 Å². The fourth-order valence-electron chi connectivity index (χ4n) is 1.24. The van der Waals surface area contributed by atoms with Crippen LogP contribution in [0.15, 0.2) is 6.20 Å². The molecule has 0 fully saturated rings. The van der Waals surface area contributed by atoms with Crippen molar-refractivity contribution in [1.29, 1.82) is 5.26 Å². The predicted octanol–water partition coefficient (Wildman–Crippen LogP) is 0.302. The summed E-state index contributed by atoms with van der Waals surface area (Å²) in [7, 11) is 1.79. The van der Waals surface area contributed by atoms with E-state index in [4.69, 9.17) is 15.1 Å². The van der Waals surface area contributed by atoms with E-state index in [1.165, 1.54) is 0 Å². The summed E-state index contributed by atoms with van der Waals surface area (Å²) in [5, 5.41) is 21.5. The Labute approximate surface area is 82.5 Å². The SMILES string of the molecule is Cc1nn(C)cc1C(C#N)OCCO. The average Bonchev–Trinajstić information content (AvgIpc) is 2.47. The number of hydrogen-bond acceptors (Lipinski definition) is 4. The van der Waals surface area contributed by atoms with Gasteiger partial charge in [-0.1, -0.05) is 0 Å². The molecule has 1 aromatic heterocycles. The molecule has 0 saturated heterocycles. The Kier molecular flexibility index (Phi) is 3.63. The second-order valence-electron chi connectivity index (χ2n) is 2.95. The van der Waals surface area contributed by atoms with E-state index in [-0.39, 0.29) is 13.2 Å². The molecule has 1 N–H and O–H groups in total. The van der Waals surface area contributed by atoms with Gasteiger partial charge in [0.1, 0.15) is 0 Å². The van der Waals surface area contributed by atoms with Gasteiger partial charge in [0.15, 0.2) is 6.10 Å². The molecule has 0 aliphatic rings. The predicted molar refractivity (Wildman–Crippen MR) is 49.3 cm³/mol. The number of aliphatic hydroxyl groups excluding tert-OH is 1. The lowest BCUT2D eigenvalue weighted by molar-refractivity contribution is 0.0578. The average molecular weight is 195 g/mol. The summed E-state index contributed by atoms with van der Waals surface area (Å²) in [5.74, 6) is 0. The minimum atomic E-state index is -0.643. The first-order valence-electron chi connectivity index (χ1n) is 4.31. The molecule has 5 nitrogen and oxygen atoms in total. The van der Waals surface area contributed by atoms with Crippen LogP contribution in [0, 0.1) is 18.3 Å². The summed E-state index contributed by atoms with van der Waals surface area (Å²) < 4.78 is 6.79. The Balaban J connectivity index is 2.79. The smallest absolute Gasteiger partial charge is 0.172 e. The van der Waals surface area contributed by atoms with Crippen molar-refractivity contribution >= 4 is 0 Å². The van der Waals surface area contributed by atoms with Gasteiger partial charge in [0.25, 0.3) is 0 Å². The maximum absolute atomic E-state index is 8.85. The highest BCUT2D eigenvalue weighted by atomic mass is 16.5. The number of rotatable bonds is 4. The van der Waals surface area contributed by atoms with Crippen molar-refractivity contribution in [2.75, 3.05) is 13.2 Å². The lowest BCUT2D eigenvalue weighted by atomic mass is 10.1. The fraction of sp³-hybridized carbons (Fsp3) is 0.556. The zero-order chi connectivity index (χ0) is 10.6. The van der Waals surface area contributed by atoms with Crippen LogP contribution in [0.5, 0.6) is 0 Å². The van der Waals surface area contributed by atoms with Gasteiger partial charge in [-0.05, 0) is 6.92 Å². The third-order valence-corrected chi connectivity index (χ3v) is 1.83. The number of nitrogens with zero attached hydrogens (tertiary/aromatic N) is 3. The number of aromatic nitrogens is 2. The molecule has 5 heteroatoms. The molecule has 1 rings (SSSR count). The number of aryl methyl sites for hydroxylation is 2. The fourth-order valence-corrected chi connectivity index (χ4v) is 1.24. The molecular formula is C9H13N3O2. The van der Waals surface area contributed by atoms with Crippen molar-refractivity contribution in [3.8, 4) is 6.07 Å². The van der Waals surface area contributed by atoms with Crippen molar-refractivity contribution in [3.05, 3.63) is 17.5 Å². The maximum atomic E-state index is 8.85. The second kappa shape index (κ2) is 4.74. The Morgan fingerprint density at radius 1 is 1.79 bits per heavy atom. The van der Waals surface area contributed by atoms with Crippen molar-refractivity contribution in [3.63, 3.8) is 0 Å². The van der Waals surface area contributed by atoms with E-state index in [1.807, 2.05) is 13.0 Å². The molecule has 76 valence electrons. The summed E-state index contributed by atoms with van der Waals surface area (Å²) >= 11 is 0. The van der Waals surface area contributed by atoms with Gasteiger partial charge in [-0.25, -0.2) is 0 Å². The molecule has 1 atom stereocenters. The third kappa shape index (κ3) is 2.31. The minimum absolute atomic E-state index is 0.0858. The molecule has 1 heterocycles. The third-order valence-electron chi connectivity index (χ3n) is 1.83. The van der Waals surface area contributed by atoms with Crippen molar-refractivity contribution in [1.82, 2.24) is 9.78 Å². The van der Waals surface area contributed by atoms with Crippen LogP contribution in [-0.2, 0) is 11.8 Å². The van der Waals surface area contributed by atoms with Crippen LogP contribution in [0.1, 0.15) is 17.4 Å². The van der Waals surface area contributed by atoms with Crippen LogP contribution in [0.25, 0.3) is 0 Å². The number of aliphatic hydroxyl groups is 1. The van der Waals surface area contributed by atoms with Gasteiger partial charge in [0.05, 0.1) is 25.0 Å². The van der Waals surface area contributed by atoms with Gasteiger partial charge < -0.3 is 9.84 Å². The summed E-state index contributed by atoms with van der Waals surface area (Å²) in [4.78, 5) is 0. The zero-order valence-corrected chi connectivity index (χ0v) is 8.27. The lowest BCUT2D eigenvalue weighted by Gasteiger charge is -2.07. The Morgan fingerprint density at radius 2 is 2.50 bits per heavy atom. The van der Waals surface area contributed by atoms with Crippen LogP contribution in [-0.4, -0.2) is 28.1 Å². The molecular weight excluding hydrogens is 182 g/mol. The molecule has 0 radical (unpaired) electrons. The van der Waals surface area contributed by atoms with Crippen molar-refractivity contribution in [2.24, 2.45) is 7.05 Å². The summed E-state index contributed by atoms with van der Waals surface area (Å²) in [6.45, 7) is 1.89. The molecule has 0 aliphatic heterocycles. The molecule has 0 aromatic carbocycles. The van der Waals surface area contributed by atoms with Crippen LogP contribution >= 0.6 is 0 Å². The summed E-state index contributed by atoms with van der Waals surface area (Å²) in [6.07, 6.45) is 1.11. The lowest BCUT2D eigenvalue weighted by Crippen LogP contribution is -2.06.